The van der Waals surface area contributed by atoms with Gasteiger partial charge in [-0.15, -0.1) is 0 Å². The van der Waals surface area contributed by atoms with Crippen molar-refractivity contribution in [2.75, 3.05) is 33.4 Å². The Morgan fingerprint density at radius 3 is 3.00 bits per heavy atom. The summed E-state index contributed by atoms with van der Waals surface area (Å²) in [5.74, 6) is 3.30. The minimum atomic E-state index is 0.621. The van der Waals surface area contributed by atoms with Crippen LogP contribution in [0.3, 0.4) is 0 Å². The molecule has 1 N–H and O–H groups in total. The minimum Gasteiger partial charge on any atom is -0.496 e. The van der Waals surface area contributed by atoms with Crippen LogP contribution >= 0.6 is 0 Å². The topological polar surface area (TPSA) is 39.7 Å². The van der Waals surface area contributed by atoms with Gasteiger partial charge in [0.2, 0.25) is 0 Å². The Hall–Kier alpha value is -1.42. The van der Waals surface area contributed by atoms with Crippen molar-refractivity contribution in [1.82, 2.24) is 5.32 Å². The summed E-state index contributed by atoms with van der Waals surface area (Å²) in [5, 5.41) is 3.46. The first kappa shape index (κ1) is 12.6. The Balaban J connectivity index is 1.88. The van der Waals surface area contributed by atoms with Crippen molar-refractivity contribution in [3.8, 4) is 17.2 Å². The summed E-state index contributed by atoms with van der Waals surface area (Å²) < 4.78 is 17.0. The highest BCUT2D eigenvalue weighted by atomic mass is 16.6. The molecule has 1 aromatic rings. The second-order valence-corrected chi connectivity index (χ2v) is 5.19. The van der Waals surface area contributed by atoms with E-state index >= 15 is 0 Å². The van der Waals surface area contributed by atoms with E-state index in [1.165, 1.54) is 12.8 Å². The van der Waals surface area contributed by atoms with Gasteiger partial charge in [-0.25, -0.2) is 0 Å². The number of nitrogens with one attached hydrogen (secondary N) is 1. The second kappa shape index (κ2) is 5.70. The summed E-state index contributed by atoms with van der Waals surface area (Å²) in [7, 11) is 1.72. The first-order valence-corrected chi connectivity index (χ1v) is 7.04. The fraction of sp³-hybridized carbons (Fsp3) is 0.600. The molecule has 2 aliphatic rings. The van der Waals surface area contributed by atoms with Crippen LogP contribution < -0.4 is 19.5 Å². The lowest BCUT2D eigenvalue weighted by Gasteiger charge is -2.27. The second-order valence-electron chi connectivity index (χ2n) is 5.19. The molecule has 4 heteroatoms. The van der Waals surface area contributed by atoms with Crippen molar-refractivity contribution in [2.45, 2.75) is 19.3 Å². The third kappa shape index (κ3) is 2.63. The zero-order valence-corrected chi connectivity index (χ0v) is 11.4. The van der Waals surface area contributed by atoms with Crippen molar-refractivity contribution in [3.63, 3.8) is 0 Å². The van der Waals surface area contributed by atoms with E-state index in [1.54, 1.807) is 7.11 Å². The summed E-state index contributed by atoms with van der Waals surface area (Å²) in [6, 6.07) is 3.93. The van der Waals surface area contributed by atoms with E-state index in [4.69, 9.17) is 14.2 Å². The number of methoxy groups -OCH3 is 1. The molecule has 1 saturated heterocycles. The molecule has 0 radical (unpaired) electrons. The molecule has 2 aliphatic heterocycles. The van der Waals surface area contributed by atoms with Crippen LogP contribution in [0.15, 0.2) is 12.1 Å². The first-order valence-electron chi connectivity index (χ1n) is 7.04. The minimum absolute atomic E-state index is 0.621. The molecule has 1 atom stereocenters. The fourth-order valence-electron chi connectivity index (χ4n) is 2.93. The van der Waals surface area contributed by atoms with Gasteiger partial charge in [0, 0.05) is 5.56 Å². The van der Waals surface area contributed by atoms with Crippen LogP contribution in [0.2, 0.25) is 0 Å². The van der Waals surface area contributed by atoms with Crippen LogP contribution in [0.5, 0.6) is 17.2 Å². The summed E-state index contributed by atoms with van der Waals surface area (Å²) in [5.41, 5.74) is 1.16. The average molecular weight is 263 g/mol. The lowest BCUT2D eigenvalue weighted by molar-refractivity contribution is 0.168. The highest BCUT2D eigenvalue weighted by Gasteiger charge is 2.23. The molecular formula is C15H21NO3. The largest absolute Gasteiger partial charge is 0.496 e. The van der Waals surface area contributed by atoms with Crippen molar-refractivity contribution < 1.29 is 14.2 Å². The number of rotatable bonds is 3. The Labute approximate surface area is 114 Å². The van der Waals surface area contributed by atoms with Gasteiger partial charge < -0.3 is 19.5 Å². The van der Waals surface area contributed by atoms with Crippen molar-refractivity contribution >= 4 is 0 Å². The monoisotopic (exact) mass is 263 g/mol. The Kier molecular flexibility index (Phi) is 3.78. The third-order valence-corrected chi connectivity index (χ3v) is 3.88. The maximum atomic E-state index is 5.81. The summed E-state index contributed by atoms with van der Waals surface area (Å²) in [4.78, 5) is 0. The van der Waals surface area contributed by atoms with Gasteiger partial charge >= 0.3 is 0 Å². The van der Waals surface area contributed by atoms with Gasteiger partial charge in [-0.3, -0.25) is 0 Å². The summed E-state index contributed by atoms with van der Waals surface area (Å²) in [6.45, 7) is 3.47. The van der Waals surface area contributed by atoms with Gasteiger partial charge in [0.1, 0.15) is 19.0 Å². The van der Waals surface area contributed by atoms with Gasteiger partial charge in [0.15, 0.2) is 11.5 Å². The highest BCUT2D eigenvalue weighted by molar-refractivity contribution is 5.54. The lowest BCUT2D eigenvalue weighted by Crippen LogP contribution is -2.31. The first-order chi connectivity index (χ1) is 9.38. The predicted octanol–water partition coefficient (Wildman–Crippen LogP) is 2.01. The number of ether oxygens (including phenoxy) is 3. The average Bonchev–Trinajstić information content (AvgIpc) is 2.49. The van der Waals surface area contributed by atoms with Crippen LogP contribution in [0.1, 0.15) is 18.4 Å². The van der Waals surface area contributed by atoms with Gasteiger partial charge in [-0.05, 0) is 50.4 Å². The Bertz CT molecular complexity index is 441. The van der Waals surface area contributed by atoms with Gasteiger partial charge in [-0.2, -0.15) is 0 Å². The summed E-state index contributed by atoms with van der Waals surface area (Å²) in [6.07, 6.45) is 3.50. The Morgan fingerprint density at radius 2 is 2.21 bits per heavy atom. The molecule has 1 unspecified atom stereocenters. The quantitative estimate of drug-likeness (QED) is 0.905. The van der Waals surface area contributed by atoms with Gasteiger partial charge in [0.05, 0.1) is 7.11 Å². The summed E-state index contributed by atoms with van der Waals surface area (Å²) >= 11 is 0. The molecule has 104 valence electrons. The third-order valence-electron chi connectivity index (χ3n) is 3.88. The molecular weight excluding hydrogens is 242 g/mol. The van der Waals surface area contributed by atoms with E-state index in [0.717, 1.165) is 42.3 Å². The molecule has 0 aliphatic carbocycles. The molecule has 0 spiro atoms. The molecule has 1 aromatic carbocycles. The van der Waals surface area contributed by atoms with E-state index in [-0.39, 0.29) is 0 Å². The van der Waals surface area contributed by atoms with E-state index < -0.39 is 0 Å². The number of hydrogen-bond donors (Lipinski definition) is 1. The van der Waals surface area contributed by atoms with Gasteiger partial charge in [0.25, 0.3) is 0 Å². The molecule has 0 bridgehead atoms. The fourth-order valence-corrected chi connectivity index (χ4v) is 2.93. The van der Waals surface area contributed by atoms with E-state index in [0.29, 0.717) is 19.1 Å². The molecule has 0 amide bonds. The normalized spacial score (nSPS) is 22.1. The molecule has 1 fully saturated rings. The van der Waals surface area contributed by atoms with Crippen molar-refractivity contribution in [1.29, 1.82) is 0 Å². The SMILES string of the molecule is COc1ccc2c(c1CC1CCCNC1)OCCO2. The molecule has 19 heavy (non-hydrogen) atoms. The smallest absolute Gasteiger partial charge is 0.168 e. The number of hydrogen-bond acceptors (Lipinski definition) is 4. The van der Waals surface area contributed by atoms with Crippen LogP contribution in [-0.4, -0.2) is 33.4 Å². The molecule has 3 rings (SSSR count). The van der Waals surface area contributed by atoms with Crippen LogP contribution in [0, 0.1) is 5.92 Å². The zero-order chi connectivity index (χ0) is 13.1. The highest BCUT2D eigenvalue weighted by Crippen LogP contribution is 2.41. The number of benzene rings is 1. The molecule has 0 aromatic heterocycles. The van der Waals surface area contributed by atoms with E-state index in [1.807, 2.05) is 12.1 Å². The zero-order valence-electron chi connectivity index (χ0n) is 11.4. The van der Waals surface area contributed by atoms with E-state index in [2.05, 4.69) is 5.32 Å². The molecule has 0 saturated carbocycles. The van der Waals surface area contributed by atoms with Crippen molar-refractivity contribution in [3.05, 3.63) is 17.7 Å². The predicted molar refractivity (Wildman–Crippen MR) is 73.3 cm³/mol. The Morgan fingerprint density at radius 1 is 1.32 bits per heavy atom. The lowest BCUT2D eigenvalue weighted by atomic mass is 9.91. The molecule has 4 nitrogen and oxygen atoms in total. The van der Waals surface area contributed by atoms with Gasteiger partial charge in [-0.1, -0.05) is 0 Å². The van der Waals surface area contributed by atoms with Crippen molar-refractivity contribution in [2.24, 2.45) is 5.92 Å². The van der Waals surface area contributed by atoms with Crippen LogP contribution in [-0.2, 0) is 6.42 Å². The number of piperidine rings is 1. The van der Waals surface area contributed by atoms with E-state index in [9.17, 15) is 0 Å². The maximum Gasteiger partial charge on any atom is 0.168 e. The standard InChI is InChI=1S/C15H21NO3/c1-17-13-4-5-14-15(19-8-7-18-14)12(13)9-11-3-2-6-16-10-11/h4-5,11,16H,2-3,6-10H2,1H3. The molecule has 2 heterocycles. The maximum absolute atomic E-state index is 5.81. The van der Waals surface area contributed by atoms with Crippen LogP contribution in [0.25, 0.3) is 0 Å². The van der Waals surface area contributed by atoms with Crippen LogP contribution in [0.4, 0.5) is 0 Å². The number of fused-ring (bicyclic) bond motifs is 1.